The lowest BCUT2D eigenvalue weighted by atomic mass is 9.95. The summed E-state index contributed by atoms with van der Waals surface area (Å²) >= 11 is 4.30. The second kappa shape index (κ2) is 4.20. The average molecular weight is 170 g/mol. The monoisotopic (exact) mass is 170 g/mol. The van der Waals surface area contributed by atoms with E-state index in [0.717, 1.165) is 23.5 Å². The maximum absolute atomic E-state index is 4.30. The lowest BCUT2D eigenvalue weighted by Crippen LogP contribution is -2.02. The van der Waals surface area contributed by atoms with E-state index in [4.69, 9.17) is 0 Å². The molecule has 0 bridgehead atoms. The van der Waals surface area contributed by atoms with Gasteiger partial charge in [0, 0.05) is 0 Å². The highest BCUT2D eigenvalue weighted by Crippen LogP contribution is 2.28. The average Bonchev–Trinajstić information content (AvgIpc) is 2.34. The van der Waals surface area contributed by atoms with Crippen molar-refractivity contribution >= 4 is 12.6 Å². The van der Waals surface area contributed by atoms with E-state index in [1.54, 1.807) is 0 Å². The molecule has 1 heteroatoms. The second-order valence-corrected chi connectivity index (χ2v) is 4.32. The summed E-state index contributed by atoms with van der Waals surface area (Å²) in [5.74, 6) is 3.45. The van der Waals surface area contributed by atoms with E-state index in [1.165, 1.54) is 12.8 Å². The zero-order valence-electron chi connectivity index (χ0n) is 7.46. The molecule has 0 saturated carbocycles. The van der Waals surface area contributed by atoms with E-state index in [0.29, 0.717) is 0 Å². The summed E-state index contributed by atoms with van der Waals surface area (Å²) in [6.07, 6.45) is 7.39. The van der Waals surface area contributed by atoms with Crippen molar-refractivity contribution in [2.24, 2.45) is 17.8 Å². The van der Waals surface area contributed by atoms with E-state index >= 15 is 0 Å². The summed E-state index contributed by atoms with van der Waals surface area (Å²) in [4.78, 5) is 0. The van der Waals surface area contributed by atoms with Crippen molar-refractivity contribution in [2.75, 3.05) is 5.75 Å². The molecule has 0 amide bonds. The van der Waals surface area contributed by atoms with Crippen LogP contribution in [0.15, 0.2) is 12.2 Å². The summed E-state index contributed by atoms with van der Waals surface area (Å²) in [7, 11) is 0. The van der Waals surface area contributed by atoms with Crippen molar-refractivity contribution in [1.82, 2.24) is 0 Å². The van der Waals surface area contributed by atoms with Crippen LogP contribution in [0, 0.1) is 17.8 Å². The predicted molar refractivity (Wildman–Crippen MR) is 54.0 cm³/mol. The van der Waals surface area contributed by atoms with Gasteiger partial charge < -0.3 is 0 Å². The molecule has 0 nitrogen and oxygen atoms in total. The zero-order valence-corrected chi connectivity index (χ0v) is 8.35. The standard InChI is InChI=1S/C10H18S/c1-8(2)5-9-3-4-10(6-9)7-11/h3-4,8-11H,5-7H2,1-2H3. The van der Waals surface area contributed by atoms with Gasteiger partial charge in [0.15, 0.2) is 0 Å². The van der Waals surface area contributed by atoms with Gasteiger partial charge >= 0.3 is 0 Å². The van der Waals surface area contributed by atoms with Crippen LogP contribution < -0.4 is 0 Å². The Bertz CT molecular complexity index is 138. The van der Waals surface area contributed by atoms with Crippen molar-refractivity contribution in [3.8, 4) is 0 Å². The van der Waals surface area contributed by atoms with Crippen LogP contribution in [0.4, 0.5) is 0 Å². The molecule has 1 aliphatic carbocycles. The quantitative estimate of drug-likeness (QED) is 0.488. The second-order valence-electron chi connectivity index (χ2n) is 3.95. The van der Waals surface area contributed by atoms with Crippen LogP contribution >= 0.6 is 12.6 Å². The maximum Gasteiger partial charge on any atom is -0.00346 e. The largest absolute Gasteiger partial charge is 0.179 e. The molecule has 64 valence electrons. The lowest BCUT2D eigenvalue weighted by Gasteiger charge is -2.12. The van der Waals surface area contributed by atoms with E-state index < -0.39 is 0 Å². The summed E-state index contributed by atoms with van der Waals surface area (Å²) in [5, 5.41) is 0. The number of hydrogen-bond acceptors (Lipinski definition) is 1. The summed E-state index contributed by atoms with van der Waals surface area (Å²) in [6.45, 7) is 4.59. The van der Waals surface area contributed by atoms with Gasteiger partial charge in [-0.3, -0.25) is 0 Å². The molecule has 1 rings (SSSR count). The molecule has 0 spiro atoms. The zero-order chi connectivity index (χ0) is 8.27. The van der Waals surface area contributed by atoms with Crippen molar-refractivity contribution in [2.45, 2.75) is 26.7 Å². The molecule has 0 aliphatic heterocycles. The van der Waals surface area contributed by atoms with Gasteiger partial charge in [-0.2, -0.15) is 12.6 Å². The number of rotatable bonds is 3. The van der Waals surface area contributed by atoms with Gasteiger partial charge in [0.05, 0.1) is 0 Å². The van der Waals surface area contributed by atoms with E-state index in [2.05, 4.69) is 38.6 Å². The van der Waals surface area contributed by atoms with E-state index in [-0.39, 0.29) is 0 Å². The lowest BCUT2D eigenvalue weighted by molar-refractivity contribution is 0.444. The fourth-order valence-corrected chi connectivity index (χ4v) is 2.05. The van der Waals surface area contributed by atoms with Crippen molar-refractivity contribution < 1.29 is 0 Å². The molecule has 0 saturated heterocycles. The Labute approximate surface area is 75.5 Å². The minimum Gasteiger partial charge on any atom is -0.179 e. The molecule has 2 atom stereocenters. The fraction of sp³-hybridized carbons (Fsp3) is 0.800. The van der Waals surface area contributed by atoms with Gasteiger partial charge in [0.25, 0.3) is 0 Å². The molecular formula is C10H18S. The predicted octanol–water partition coefficient (Wildman–Crippen LogP) is 3.15. The van der Waals surface area contributed by atoms with Gasteiger partial charge in [-0.05, 0) is 36.3 Å². The highest BCUT2D eigenvalue weighted by atomic mass is 32.1. The third-order valence-electron chi connectivity index (χ3n) is 2.27. The van der Waals surface area contributed by atoms with Crippen LogP contribution in [-0.4, -0.2) is 5.75 Å². The first-order chi connectivity index (χ1) is 5.22. The number of hydrogen-bond donors (Lipinski definition) is 1. The maximum atomic E-state index is 4.30. The molecule has 0 radical (unpaired) electrons. The van der Waals surface area contributed by atoms with E-state index in [9.17, 15) is 0 Å². The molecule has 0 heterocycles. The molecule has 1 aliphatic rings. The molecular weight excluding hydrogens is 152 g/mol. The van der Waals surface area contributed by atoms with Gasteiger partial charge in [0.1, 0.15) is 0 Å². The Balaban J connectivity index is 2.26. The fourth-order valence-electron chi connectivity index (χ4n) is 1.78. The van der Waals surface area contributed by atoms with Crippen LogP contribution in [-0.2, 0) is 0 Å². The van der Waals surface area contributed by atoms with Gasteiger partial charge in [-0.25, -0.2) is 0 Å². The van der Waals surface area contributed by atoms with Crippen LogP contribution in [0.2, 0.25) is 0 Å². The third kappa shape index (κ3) is 2.90. The first-order valence-corrected chi connectivity index (χ1v) is 5.14. The highest BCUT2D eigenvalue weighted by Gasteiger charge is 2.17. The number of allylic oxidation sites excluding steroid dienone is 2. The minimum absolute atomic E-state index is 0.752. The summed E-state index contributed by atoms with van der Waals surface area (Å²) in [6, 6.07) is 0. The summed E-state index contributed by atoms with van der Waals surface area (Å²) < 4.78 is 0. The van der Waals surface area contributed by atoms with Crippen molar-refractivity contribution in [1.29, 1.82) is 0 Å². The van der Waals surface area contributed by atoms with Crippen LogP contribution in [0.25, 0.3) is 0 Å². The van der Waals surface area contributed by atoms with Crippen molar-refractivity contribution in [3.63, 3.8) is 0 Å². The normalized spacial score (nSPS) is 30.2. The first kappa shape index (κ1) is 9.18. The first-order valence-electron chi connectivity index (χ1n) is 4.51. The molecule has 0 aromatic heterocycles. The van der Waals surface area contributed by atoms with Crippen molar-refractivity contribution in [3.05, 3.63) is 12.2 Å². The van der Waals surface area contributed by atoms with Gasteiger partial charge in [-0.1, -0.05) is 26.0 Å². The topological polar surface area (TPSA) is 0 Å². The Morgan fingerprint density at radius 3 is 2.45 bits per heavy atom. The molecule has 0 fully saturated rings. The van der Waals surface area contributed by atoms with Crippen LogP contribution in [0.1, 0.15) is 26.7 Å². The molecule has 2 unspecified atom stereocenters. The third-order valence-corrected chi connectivity index (χ3v) is 2.74. The van der Waals surface area contributed by atoms with Crippen LogP contribution in [0.3, 0.4) is 0 Å². The number of thiol groups is 1. The van der Waals surface area contributed by atoms with Gasteiger partial charge in [-0.15, -0.1) is 0 Å². The highest BCUT2D eigenvalue weighted by molar-refractivity contribution is 7.80. The smallest absolute Gasteiger partial charge is 0.00346 e. The van der Waals surface area contributed by atoms with Gasteiger partial charge in [0.2, 0.25) is 0 Å². The molecule has 11 heavy (non-hydrogen) atoms. The summed E-state index contributed by atoms with van der Waals surface area (Å²) in [5.41, 5.74) is 0. The minimum atomic E-state index is 0.752. The molecule has 0 aromatic rings. The molecule has 0 aromatic carbocycles. The Morgan fingerprint density at radius 2 is 2.00 bits per heavy atom. The SMILES string of the molecule is CC(C)CC1C=CC(CS)C1. The Kier molecular flexibility index (Phi) is 3.50. The Morgan fingerprint density at radius 1 is 1.36 bits per heavy atom. The van der Waals surface area contributed by atoms with E-state index in [1.807, 2.05) is 0 Å². The van der Waals surface area contributed by atoms with Crippen LogP contribution in [0.5, 0.6) is 0 Å². The molecule has 0 N–H and O–H groups in total. The Hall–Kier alpha value is 0.0900.